The van der Waals surface area contributed by atoms with Crippen LogP contribution in [-0.4, -0.2) is 81.2 Å². The number of hydrogen-bond acceptors (Lipinski definition) is 7. The molecule has 3 rings (SSSR count). The summed E-state index contributed by atoms with van der Waals surface area (Å²) in [7, 11) is -3.64. The predicted octanol–water partition coefficient (Wildman–Crippen LogP) is 1.17. The van der Waals surface area contributed by atoms with E-state index in [-0.39, 0.29) is 22.6 Å². The maximum atomic E-state index is 13.1. The molecule has 2 saturated heterocycles. The third-order valence-corrected chi connectivity index (χ3v) is 8.36. The minimum absolute atomic E-state index is 0.0498. The first kappa shape index (κ1) is 23.2. The van der Waals surface area contributed by atoms with Crippen molar-refractivity contribution in [1.29, 1.82) is 0 Å². The highest BCUT2D eigenvalue weighted by molar-refractivity contribution is 7.89. The highest BCUT2D eigenvalue weighted by atomic mass is 32.2. The van der Waals surface area contributed by atoms with Gasteiger partial charge in [-0.2, -0.15) is 4.31 Å². The van der Waals surface area contributed by atoms with Gasteiger partial charge in [0.2, 0.25) is 15.9 Å². The van der Waals surface area contributed by atoms with Crippen LogP contribution in [0.15, 0.2) is 9.42 Å². The van der Waals surface area contributed by atoms with Gasteiger partial charge < -0.3 is 14.6 Å². The van der Waals surface area contributed by atoms with E-state index >= 15 is 0 Å². The Bertz CT molecular complexity index is 800. The van der Waals surface area contributed by atoms with Crippen LogP contribution < -0.4 is 5.32 Å². The van der Waals surface area contributed by atoms with Crippen molar-refractivity contribution in [1.82, 2.24) is 19.7 Å². The van der Waals surface area contributed by atoms with E-state index in [1.165, 1.54) is 4.31 Å². The van der Waals surface area contributed by atoms with Crippen molar-refractivity contribution in [2.75, 3.05) is 52.5 Å². The number of rotatable bonds is 8. The average molecular weight is 443 g/mol. The maximum absolute atomic E-state index is 13.1. The van der Waals surface area contributed by atoms with Gasteiger partial charge in [-0.25, -0.2) is 8.42 Å². The zero-order chi connectivity index (χ0) is 21.7. The van der Waals surface area contributed by atoms with Crippen LogP contribution in [0.2, 0.25) is 0 Å². The van der Waals surface area contributed by atoms with Gasteiger partial charge in [-0.15, -0.1) is 0 Å². The van der Waals surface area contributed by atoms with Crippen molar-refractivity contribution in [2.24, 2.45) is 11.8 Å². The summed E-state index contributed by atoms with van der Waals surface area (Å²) in [6.45, 7) is 11.0. The van der Waals surface area contributed by atoms with E-state index in [0.717, 1.165) is 39.3 Å². The Balaban J connectivity index is 1.52. The van der Waals surface area contributed by atoms with Crippen LogP contribution in [0, 0.1) is 25.7 Å². The lowest BCUT2D eigenvalue weighted by Gasteiger charge is -2.37. The quantitative estimate of drug-likeness (QED) is 0.644. The van der Waals surface area contributed by atoms with Gasteiger partial charge in [-0.1, -0.05) is 18.5 Å². The van der Waals surface area contributed by atoms with E-state index in [1.54, 1.807) is 13.8 Å². The summed E-state index contributed by atoms with van der Waals surface area (Å²) in [5, 5.41) is 6.82. The van der Waals surface area contributed by atoms with E-state index in [4.69, 9.17) is 9.26 Å². The van der Waals surface area contributed by atoms with Crippen LogP contribution in [0.5, 0.6) is 0 Å². The standard InChI is InChI=1S/C20H34N4O5S/c1-4-17-14-24(30(26,27)20-15(2)22-29-16(20)3)7-5-18(17)13-19(25)21-6-8-23-9-11-28-12-10-23/h17-18H,4-14H2,1-3H3,(H,21,25). The fourth-order valence-electron chi connectivity index (χ4n) is 4.46. The minimum atomic E-state index is -3.64. The average Bonchev–Trinajstić information content (AvgIpc) is 3.07. The molecule has 2 aliphatic heterocycles. The molecule has 1 aromatic heterocycles. The van der Waals surface area contributed by atoms with Crippen LogP contribution in [0.25, 0.3) is 0 Å². The number of hydrogen-bond donors (Lipinski definition) is 1. The van der Waals surface area contributed by atoms with Gasteiger partial charge in [0.05, 0.1) is 13.2 Å². The zero-order valence-electron chi connectivity index (χ0n) is 18.2. The van der Waals surface area contributed by atoms with Crippen molar-refractivity contribution >= 4 is 15.9 Å². The van der Waals surface area contributed by atoms with Crippen molar-refractivity contribution < 1.29 is 22.5 Å². The summed E-state index contributed by atoms with van der Waals surface area (Å²) in [6.07, 6.45) is 1.96. The first-order valence-corrected chi connectivity index (χ1v) is 12.3. The summed E-state index contributed by atoms with van der Waals surface area (Å²) < 4.78 is 38.1. The molecule has 0 aromatic carbocycles. The van der Waals surface area contributed by atoms with Crippen LogP contribution in [0.3, 0.4) is 0 Å². The van der Waals surface area contributed by atoms with Crippen LogP contribution >= 0.6 is 0 Å². The molecule has 3 heterocycles. The molecule has 10 heteroatoms. The number of amides is 1. The number of ether oxygens (including phenoxy) is 1. The first-order chi connectivity index (χ1) is 14.3. The Morgan fingerprint density at radius 1 is 1.20 bits per heavy atom. The molecule has 30 heavy (non-hydrogen) atoms. The monoisotopic (exact) mass is 442 g/mol. The van der Waals surface area contributed by atoms with Crippen molar-refractivity contribution in [2.45, 2.75) is 44.9 Å². The van der Waals surface area contributed by atoms with Gasteiger partial charge in [0.25, 0.3) is 0 Å². The number of piperidine rings is 1. The molecule has 1 aromatic rings. The third kappa shape index (κ3) is 5.40. The largest absolute Gasteiger partial charge is 0.379 e. The molecule has 0 aliphatic carbocycles. The lowest BCUT2D eigenvalue weighted by atomic mass is 9.82. The Hall–Kier alpha value is -1.49. The van der Waals surface area contributed by atoms with E-state index in [2.05, 4.69) is 22.3 Å². The minimum Gasteiger partial charge on any atom is -0.379 e. The zero-order valence-corrected chi connectivity index (χ0v) is 19.0. The van der Waals surface area contributed by atoms with Gasteiger partial charge in [-0.05, 0) is 32.1 Å². The number of morpholine rings is 1. The lowest BCUT2D eigenvalue weighted by molar-refractivity contribution is -0.122. The second-order valence-electron chi connectivity index (χ2n) is 8.24. The predicted molar refractivity (Wildman–Crippen MR) is 112 cm³/mol. The first-order valence-electron chi connectivity index (χ1n) is 10.8. The number of sulfonamides is 1. The SMILES string of the molecule is CCC1CN(S(=O)(=O)c2c(C)noc2C)CCC1CC(=O)NCCN1CCOCC1. The van der Waals surface area contributed by atoms with Crippen molar-refractivity contribution in [3.8, 4) is 0 Å². The smallest absolute Gasteiger partial charge is 0.248 e. The van der Waals surface area contributed by atoms with Gasteiger partial charge in [0, 0.05) is 45.7 Å². The number of carbonyl (C=O) groups excluding carboxylic acids is 1. The molecule has 0 spiro atoms. The number of carbonyl (C=O) groups is 1. The molecular formula is C20H34N4O5S. The molecule has 0 radical (unpaired) electrons. The summed E-state index contributed by atoms with van der Waals surface area (Å²) in [6, 6.07) is 0. The second-order valence-corrected chi connectivity index (χ2v) is 10.1. The van der Waals surface area contributed by atoms with E-state index in [1.807, 2.05) is 0 Å². The molecule has 2 unspecified atom stereocenters. The Morgan fingerprint density at radius 2 is 1.93 bits per heavy atom. The molecular weight excluding hydrogens is 408 g/mol. The molecule has 2 aliphatic rings. The van der Waals surface area contributed by atoms with Crippen LogP contribution in [-0.2, 0) is 19.6 Å². The molecule has 1 N–H and O–H groups in total. The number of aryl methyl sites for hydroxylation is 2. The molecule has 2 fully saturated rings. The Morgan fingerprint density at radius 3 is 2.57 bits per heavy atom. The number of nitrogens with zero attached hydrogens (tertiary/aromatic N) is 3. The van der Waals surface area contributed by atoms with Crippen LogP contribution in [0.4, 0.5) is 0 Å². The van der Waals surface area contributed by atoms with E-state index in [9.17, 15) is 13.2 Å². The fraction of sp³-hybridized carbons (Fsp3) is 0.800. The van der Waals surface area contributed by atoms with Crippen molar-refractivity contribution in [3.63, 3.8) is 0 Å². The second kappa shape index (κ2) is 10.2. The van der Waals surface area contributed by atoms with Crippen LogP contribution in [0.1, 0.15) is 37.6 Å². The van der Waals surface area contributed by atoms with E-state index < -0.39 is 10.0 Å². The van der Waals surface area contributed by atoms with Crippen molar-refractivity contribution in [3.05, 3.63) is 11.5 Å². The number of aromatic nitrogens is 1. The summed E-state index contributed by atoms with van der Waals surface area (Å²) in [4.78, 5) is 14.9. The summed E-state index contributed by atoms with van der Waals surface area (Å²) >= 11 is 0. The Labute approximate surface area is 179 Å². The summed E-state index contributed by atoms with van der Waals surface area (Å²) in [5.41, 5.74) is 0.391. The topological polar surface area (TPSA) is 105 Å². The molecule has 9 nitrogen and oxygen atoms in total. The lowest BCUT2D eigenvalue weighted by Crippen LogP contribution is -2.45. The molecule has 2 atom stereocenters. The fourth-order valence-corrected chi connectivity index (χ4v) is 6.26. The van der Waals surface area contributed by atoms with E-state index in [0.29, 0.717) is 43.9 Å². The molecule has 170 valence electrons. The third-order valence-electron chi connectivity index (χ3n) is 6.25. The summed E-state index contributed by atoms with van der Waals surface area (Å²) in [5.74, 6) is 0.713. The van der Waals surface area contributed by atoms with Gasteiger partial charge >= 0.3 is 0 Å². The highest BCUT2D eigenvalue weighted by Crippen LogP contribution is 2.33. The van der Waals surface area contributed by atoms with Gasteiger partial charge in [0.1, 0.15) is 10.6 Å². The molecule has 0 bridgehead atoms. The molecule has 1 amide bonds. The normalized spacial score (nSPS) is 24.1. The van der Waals surface area contributed by atoms with Gasteiger partial charge in [-0.3, -0.25) is 9.69 Å². The van der Waals surface area contributed by atoms with Gasteiger partial charge in [0.15, 0.2) is 5.76 Å². The molecule has 0 saturated carbocycles. The number of nitrogens with one attached hydrogen (secondary N) is 1. The highest BCUT2D eigenvalue weighted by Gasteiger charge is 2.38. The maximum Gasteiger partial charge on any atom is 0.248 e. The Kier molecular flexibility index (Phi) is 7.89.